The van der Waals surface area contributed by atoms with Crippen molar-refractivity contribution in [3.05, 3.63) is 93.5 Å². The maximum atomic E-state index is 11.6. The van der Waals surface area contributed by atoms with Crippen molar-refractivity contribution in [2.45, 2.75) is 0 Å². The monoisotopic (exact) mass is 446 g/mol. The number of hydrogen-bond acceptors (Lipinski definition) is 2. The summed E-state index contributed by atoms with van der Waals surface area (Å²) in [5.41, 5.74) is 2.61. The predicted molar refractivity (Wildman–Crippen MR) is 92.6 cm³/mol. The number of ether oxygens (including phenoxy) is 1. The first-order valence-electron chi connectivity index (χ1n) is 6.49. The van der Waals surface area contributed by atoms with Crippen LogP contribution in [0.15, 0.2) is 87.9 Å². The van der Waals surface area contributed by atoms with Gasteiger partial charge < -0.3 is 9.84 Å². The molecule has 0 heterocycles. The van der Waals surface area contributed by atoms with E-state index < -0.39 is 0 Å². The number of rotatable bonds is 2. The van der Waals surface area contributed by atoms with Gasteiger partial charge in [0.2, 0.25) is 0 Å². The van der Waals surface area contributed by atoms with Gasteiger partial charge in [0.25, 0.3) is 0 Å². The molecule has 2 nitrogen and oxygen atoms in total. The summed E-state index contributed by atoms with van der Waals surface area (Å²) in [6, 6.07) is 19.9. The summed E-state index contributed by atoms with van der Waals surface area (Å²) in [5, 5.41) is 11.6. The summed E-state index contributed by atoms with van der Waals surface area (Å²) >= 11 is 2.23. The van der Waals surface area contributed by atoms with Crippen molar-refractivity contribution in [3.8, 4) is 0 Å². The molecule has 0 bridgehead atoms. The van der Waals surface area contributed by atoms with Gasteiger partial charge in [-0.05, 0) is 41.3 Å². The Balaban J connectivity index is 0.000000344. The number of halogens is 1. The van der Waals surface area contributed by atoms with Crippen LogP contribution in [0, 0.1) is 0 Å². The van der Waals surface area contributed by atoms with Crippen molar-refractivity contribution in [3.63, 3.8) is 0 Å². The number of benzene rings is 1. The first kappa shape index (κ1) is 18.7. The van der Waals surface area contributed by atoms with Crippen molar-refractivity contribution in [2.75, 3.05) is 7.11 Å². The topological polar surface area (TPSA) is 32.3 Å². The fraction of sp³-hybridized carbons (Fsp3) is 0.0556. The Bertz CT molecular complexity index is 638. The van der Waals surface area contributed by atoms with Crippen LogP contribution in [0.2, 0.25) is 0 Å². The summed E-state index contributed by atoms with van der Waals surface area (Å²) in [5.74, 6) is -0.290. The standard InChI is InChI=1S/C13H11IO2.C5H5.Fe/c1-16-13(15)10-7-8-11(14)12(10)9-5-3-2-4-6-9;1-2-4-5-3-1;/h2-8,15H,1H3;1-5H;/q;-1;+2/p-1. The molecule has 0 radical (unpaired) electrons. The summed E-state index contributed by atoms with van der Waals surface area (Å²) < 4.78 is 5.83. The van der Waals surface area contributed by atoms with Gasteiger partial charge in [-0.2, -0.15) is 18.2 Å². The molecule has 0 fully saturated rings. The Morgan fingerprint density at radius 3 is 2.18 bits per heavy atom. The maximum Gasteiger partial charge on any atom is 2.00 e. The second kappa shape index (κ2) is 9.61. The third kappa shape index (κ3) is 4.83. The average molecular weight is 446 g/mol. The molecule has 22 heavy (non-hydrogen) atoms. The Labute approximate surface area is 155 Å². The number of allylic oxidation sites excluding steroid dienone is 5. The molecule has 1 aliphatic carbocycles. The minimum Gasteiger partial charge on any atom is -0.616 e. The first-order chi connectivity index (χ1) is 10.2. The van der Waals surface area contributed by atoms with Crippen molar-refractivity contribution in [1.29, 1.82) is 0 Å². The zero-order chi connectivity index (χ0) is 15.1. The Morgan fingerprint density at radius 1 is 1.05 bits per heavy atom. The minimum atomic E-state index is -0.290. The molecule has 0 amide bonds. The number of hydrogen-bond donors (Lipinski definition) is 0. The van der Waals surface area contributed by atoms with Crippen LogP contribution in [0.3, 0.4) is 0 Å². The largest absolute Gasteiger partial charge is 2.00 e. The summed E-state index contributed by atoms with van der Waals surface area (Å²) in [4.78, 5) is 0. The van der Waals surface area contributed by atoms with Crippen molar-refractivity contribution < 1.29 is 26.9 Å². The predicted octanol–water partition coefficient (Wildman–Crippen LogP) is 4.02. The molecule has 2 aromatic rings. The maximum absolute atomic E-state index is 11.6. The van der Waals surface area contributed by atoms with Crippen molar-refractivity contribution in [1.82, 2.24) is 0 Å². The minimum absolute atomic E-state index is 0. The van der Waals surface area contributed by atoms with Gasteiger partial charge in [-0.3, -0.25) is 0 Å². The van der Waals surface area contributed by atoms with Crippen LogP contribution < -0.4 is 5.11 Å². The van der Waals surface area contributed by atoms with E-state index in [4.69, 9.17) is 4.74 Å². The first-order valence-corrected chi connectivity index (χ1v) is 7.57. The second-order valence-corrected chi connectivity index (χ2v) is 5.45. The van der Waals surface area contributed by atoms with E-state index in [0.29, 0.717) is 5.57 Å². The van der Waals surface area contributed by atoms with E-state index in [1.54, 1.807) is 6.08 Å². The van der Waals surface area contributed by atoms with Gasteiger partial charge in [-0.15, -0.1) is 0 Å². The van der Waals surface area contributed by atoms with E-state index in [0.717, 1.165) is 14.7 Å². The fourth-order valence-electron chi connectivity index (χ4n) is 1.95. The second-order valence-electron chi connectivity index (χ2n) is 4.29. The third-order valence-electron chi connectivity index (χ3n) is 2.93. The molecule has 0 saturated heterocycles. The van der Waals surface area contributed by atoms with Gasteiger partial charge in [-0.25, -0.2) is 12.1 Å². The van der Waals surface area contributed by atoms with E-state index in [1.165, 1.54) is 7.11 Å². The average Bonchev–Trinajstić information content (AvgIpc) is 3.20. The molecule has 0 spiro atoms. The van der Waals surface area contributed by atoms with Gasteiger partial charge in [0, 0.05) is 14.7 Å². The molecule has 2 aromatic carbocycles. The Morgan fingerprint density at radius 2 is 1.68 bits per heavy atom. The summed E-state index contributed by atoms with van der Waals surface area (Å²) in [6.07, 6.45) is 3.73. The van der Waals surface area contributed by atoms with Gasteiger partial charge in [-0.1, -0.05) is 36.4 Å². The van der Waals surface area contributed by atoms with Crippen LogP contribution in [0.4, 0.5) is 0 Å². The van der Waals surface area contributed by atoms with E-state index in [2.05, 4.69) is 22.6 Å². The Hall–Kier alpha value is -1.36. The van der Waals surface area contributed by atoms with Gasteiger partial charge in [0.1, 0.15) is 0 Å². The molecule has 114 valence electrons. The SMILES string of the molecule is COC([O-])=C1C=CC(I)=C1c1ccccc1.[Fe+2].c1cc[cH-]c1. The molecule has 0 unspecified atom stereocenters. The van der Waals surface area contributed by atoms with E-state index >= 15 is 0 Å². The normalized spacial score (nSPS) is 14.8. The zero-order valence-corrected chi connectivity index (χ0v) is 15.2. The Kier molecular flexibility index (Phi) is 8.17. The van der Waals surface area contributed by atoms with E-state index in [1.807, 2.05) is 66.7 Å². The van der Waals surface area contributed by atoms with Crippen LogP contribution in [0.25, 0.3) is 5.57 Å². The van der Waals surface area contributed by atoms with Gasteiger partial charge in [0.15, 0.2) is 0 Å². The van der Waals surface area contributed by atoms with Crippen molar-refractivity contribution >= 4 is 28.2 Å². The molecule has 0 aliphatic heterocycles. The van der Waals surface area contributed by atoms with E-state index in [-0.39, 0.29) is 23.0 Å². The van der Waals surface area contributed by atoms with E-state index in [9.17, 15) is 5.11 Å². The van der Waals surface area contributed by atoms with Crippen LogP contribution in [-0.4, -0.2) is 7.11 Å². The molecule has 0 atom stereocenters. The van der Waals surface area contributed by atoms with Gasteiger partial charge in [0.05, 0.1) is 5.95 Å². The number of methoxy groups -OCH3 is 1. The molecule has 1 aliphatic rings. The molecule has 0 N–H and O–H groups in total. The third-order valence-corrected chi connectivity index (χ3v) is 3.83. The molecular weight excluding hydrogens is 431 g/mol. The summed E-state index contributed by atoms with van der Waals surface area (Å²) in [7, 11) is 1.40. The van der Waals surface area contributed by atoms with Crippen LogP contribution >= 0.6 is 22.6 Å². The van der Waals surface area contributed by atoms with Crippen LogP contribution in [0.5, 0.6) is 0 Å². The fourth-order valence-corrected chi connectivity index (χ4v) is 2.73. The zero-order valence-electron chi connectivity index (χ0n) is 12.0. The molecule has 4 heteroatoms. The molecule has 3 rings (SSSR count). The van der Waals surface area contributed by atoms with Crippen molar-refractivity contribution in [2.24, 2.45) is 0 Å². The quantitative estimate of drug-likeness (QED) is 0.302. The van der Waals surface area contributed by atoms with Crippen LogP contribution in [0.1, 0.15) is 5.56 Å². The van der Waals surface area contributed by atoms with Crippen LogP contribution in [-0.2, 0) is 21.8 Å². The molecular formula is C18H15FeIO2. The molecule has 0 aromatic heterocycles. The smallest absolute Gasteiger partial charge is 0.616 e. The summed E-state index contributed by atoms with van der Waals surface area (Å²) in [6.45, 7) is 0. The molecule has 0 saturated carbocycles. The van der Waals surface area contributed by atoms with Gasteiger partial charge >= 0.3 is 17.1 Å².